The molecule has 0 unspecified atom stereocenters. The molecule has 0 saturated carbocycles. The second-order valence-electron chi connectivity index (χ2n) is 3.19. The van der Waals surface area contributed by atoms with Gasteiger partial charge in [-0.05, 0) is 17.7 Å². The average molecular weight is 289 g/mol. The maximum Gasteiger partial charge on any atom is 0.416 e. The first kappa shape index (κ1) is 14.3. The monoisotopic (exact) mass is 288 g/mol. The summed E-state index contributed by atoms with van der Waals surface area (Å²) in [6.07, 6.45) is -4.66. The van der Waals surface area contributed by atoms with Gasteiger partial charge < -0.3 is 4.74 Å². The van der Waals surface area contributed by atoms with E-state index in [4.69, 9.17) is 10.7 Å². The summed E-state index contributed by atoms with van der Waals surface area (Å²) in [4.78, 5) is -0.591. The van der Waals surface area contributed by atoms with E-state index in [2.05, 4.69) is 4.74 Å². The van der Waals surface area contributed by atoms with Crippen LogP contribution in [-0.4, -0.2) is 15.5 Å². The van der Waals surface area contributed by atoms with Crippen LogP contribution in [-0.2, 0) is 26.6 Å². The van der Waals surface area contributed by atoms with E-state index in [0.29, 0.717) is 6.07 Å². The van der Waals surface area contributed by atoms with E-state index in [9.17, 15) is 21.6 Å². The van der Waals surface area contributed by atoms with Gasteiger partial charge in [0.05, 0.1) is 17.1 Å². The molecule has 17 heavy (non-hydrogen) atoms. The number of ether oxygens (including phenoxy) is 1. The van der Waals surface area contributed by atoms with Gasteiger partial charge in [0.15, 0.2) is 0 Å². The van der Waals surface area contributed by atoms with Crippen LogP contribution < -0.4 is 0 Å². The van der Waals surface area contributed by atoms with Crippen LogP contribution >= 0.6 is 10.7 Å². The van der Waals surface area contributed by atoms with Gasteiger partial charge in [0.1, 0.15) is 0 Å². The van der Waals surface area contributed by atoms with Gasteiger partial charge in [-0.1, -0.05) is 6.07 Å². The molecule has 0 aliphatic carbocycles. The number of halogens is 4. The standard InChI is InChI=1S/C9H8ClF3O3S/c1-16-5-6-2-3-7(17(10,14)15)4-8(6)9(11,12)13/h2-4H,5H2,1H3. The number of methoxy groups -OCH3 is 1. The molecule has 96 valence electrons. The summed E-state index contributed by atoms with van der Waals surface area (Å²) in [6.45, 7) is -0.266. The summed E-state index contributed by atoms with van der Waals surface area (Å²) in [5.74, 6) is 0. The first-order valence-electron chi connectivity index (χ1n) is 4.30. The molecule has 0 radical (unpaired) electrons. The van der Waals surface area contributed by atoms with Crippen LogP contribution in [0.15, 0.2) is 23.1 Å². The fraction of sp³-hybridized carbons (Fsp3) is 0.333. The van der Waals surface area contributed by atoms with Crippen molar-refractivity contribution < 1.29 is 26.3 Å². The SMILES string of the molecule is COCc1ccc(S(=O)(=O)Cl)cc1C(F)(F)F. The number of alkyl halides is 3. The summed E-state index contributed by atoms with van der Waals surface area (Å²) in [5.41, 5.74) is -1.22. The largest absolute Gasteiger partial charge is 0.416 e. The van der Waals surface area contributed by atoms with Crippen LogP contribution in [0.5, 0.6) is 0 Å². The summed E-state index contributed by atoms with van der Waals surface area (Å²) < 4.78 is 64.4. The van der Waals surface area contributed by atoms with Gasteiger partial charge in [0.2, 0.25) is 0 Å². The zero-order chi connectivity index (χ0) is 13.3. The predicted octanol–water partition coefficient (Wildman–Crippen LogP) is 2.78. The lowest BCUT2D eigenvalue weighted by Crippen LogP contribution is -2.11. The average Bonchev–Trinajstić information content (AvgIpc) is 2.15. The van der Waals surface area contributed by atoms with Gasteiger partial charge >= 0.3 is 6.18 Å². The molecule has 0 aliphatic rings. The lowest BCUT2D eigenvalue weighted by atomic mass is 10.1. The molecule has 0 atom stereocenters. The van der Waals surface area contributed by atoms with Crippen molar-refractivity contribution in [1.82, 2.24) is 0 Å². The van der Waals surface area contributed by atoms with Crippen molar-refractivity contribution >= 4 is 19.7 Å². The van der Waals surface area contributed by atoms with Crippen molar-refractivity contribution in [2.75, 3.05) is 7.11 Å². The third-order valence-electron chi connectivity index (χ3n) is 1.97. The lowest BCUT2D eigenvalue weighted by molar-refractivity contribution is -0.138. The van der Waals surface area contributed by atoms with E-state index >= 15 is 0 Å². The Hall–Kier alpha value is -0.790. The van der Waals surface area contributed by atoms with E-state index in [1.165, 1.54) is 7.11 Å². The Kier molecular flexibility index (Phi) is 4.06. The van der Waals surface area contributed by atoms with Gasteiger partial charge in [-0.2, -0.15) is 13.2 Å². The Morgan fingerprint density at radius 1 is 1.35 bits per heavy atom. The van der Waals surface area contributed by atoms with Crippen LogP contribution in [0.2, 0.25) is 0 Å². The van der Waals surface area contributed by atoms with E-state index < -0.39 is 25.7 Å². The van der Waals surface area contributed by atoms with Crippen molar-refractivity contribution in [2.45, 2.75) is 17.7 Å². The molecule has 0 heterocycles. The molecule has 0 spiro atoms. The number of benzene rings is 1. The summed E-state index contributed by atoms with van der Waals surface area (Å²) in [5, 5.41) is 0. The van der Waals surface area contributed by atoms with Gasteiger partial charge in [0.25, 0.3) is 9.05 Å². The summed E-state index contributed by atoms with van der Waals surface area (Å²) in [7, 11) is 2.04. The van der Waals surface area contributed by atoms with E-state index in [1.54, 1.807) is 0 Å². The van der Waals surface area contributed by atoms with Crippen molar-refractivity contribution in [1.29, 1.82) is 0 Å². The summed E-state index contributed by atoms with van der Waals surface area (Å²) in [6, 6.07) is 2.53. The molecule has 1 aromatic rings. The molecule has 0 bridgehead atoms. The highest BCUT2D eigenvalue weighted by Gasteiger charge is 2.34. The Labute approximate surface area is 101 Å². The first-order valence-corrected chi connectivity index (χ1v) is 6.61. The third-order valence-corrected chi connectivity index (χ3v) is 3.32. The fourth-order valence-electron chi connectivity index (χ4n) is 1.25. The normalized spacial score (nSPS) is 12.8. The molecule has 1 aromatic carbocycles. The minimum atomic E-state index is -4.66. The number of hydrogen-bond acceptors (Lipinski definition) is 3. The van der Waals surface area contributed by atoms with Gasteiger partial charge in [0, 0.05) is 17.8 Å². The highest BCUT2D eigenvalue weighted by molar-refractivity contribution is 8.13. The zero-order valence-corrected chi connectivity index (χ0v) is 10.2. The third kappa shape index (κ3) is 3.58. The first-order chi connectivity index (χ1) is 7.66. The van der Waals surface area contributed by atoms with Crippen LogP contribution in [0.25, 0.3) is 0 Å². The maximum atomic E-state index is 12.6. The van der Waals surface area contributed by atoms with Crippen molar-refractivity contribution in [2.24, 2.45) is 0 Å². The molecule has 8 heteroatoms. The van der Waals surface area contributed by atoms with Crippen LogP contribution in [0.4, 0.5) is 13.2 Å². The Bertz CT molecular complexity index is 511. The number of rotatable bonds is 3. The molecule has 0 saturated heterocycles. The molecule has 1 rings (SSSR count). The smallest absolute Gasteiger partial charge is 0.380 e. The van der Waals surface area contributed by atoms with Gasteiger partial charge in [-0.3, -0.25) is 0 Å². The molecule has 0 amide bonds. The molecular weight excluding hydrogens is 281 g/mol. The van der Waals surface area contributed by atoms with Crippen molar-refractivity contribution in [3.05, 3.63) is 29.3 Å². The van der Waals surface area contributed by atoms with Gasteiger partial charge in [-0.25, -0.2) is 8.42 Å². The molecule has 0 N–H and O–H groups in total. The minimum absolute atomic E-state index is 0.149. The van der Waals surface area contributed by atoms with Crippen molar-refractivity contribution in [3.8, 4) is 0 Å². The Balaban J connectivity index is 3.40. The quantitative estimate of drug-likeness (QED) is 0.803. The molecular formula is C9H8ClF3O3S. The van der Waals surface area contributed by atoms with E-state index in [-0.39, 0.29) is 12.2 Å². The molecule has 0 fully saturated rings. The van der Waals surface area contributed by atoms with Gasteiger partial charge in [-0.15, -0.1) is 0 Å². The molecule has 0 aliphatic heterocycles. The van der Waals surface area contributed by atoms with E-state index in [0.717, 1.165) is 12.1 Å². The predicted molar refractivity (Wildman–Crippen MR) is 55.2 cm³/mol. The topological polar surface area (TPSA) is 43.4 Å². The highest BCUT2D eigenvalue weighted by atomic mass is 35.7. The Morgan fingerprint density at radius 2 is 1.94 bits per heavy atom. The zero-order valence-electron chi connectivity index (χ0n) is 8.58. The number of hydrogen-bond donors (Lipinski definition) is 0. The second-order valence-corrected chi connectivity index (χ2v) is 5.75. The fourth-order valence-corrected chi connectivity index (χ4v) is 2.03. The summed E-state index contributed by atoms with van der Waals surface area (Å²) >= 11 is 0. The molecule has 0 aromatic heterocycles. The lowest BCUT2D eigenvalue weighted by Gasteiger charge is -2.13. The Morgan fingerprint density at radius 3 is 2.35 bits per heavy atom. The minimum Gasteiger partial charge on any atom is -0.380 e. The highest BCUT2D eigenvalue weighted by Crippen LogP contribution is 2.34. The second kappa shape index (κ2) is 4.83. The van der Waals surface area contributed by atoms with E-state index in [1.807, 2.05) is 0 Å². The van der Waals surface area contributed by atoms with Crippen molar-refractivity contribution in [3.63, 3.8) is 0 Å². The molecule has 3 nitrogen and oxygen atoms in total. The van der Waals surface area contributed by atoms with Crippen LogP contribution in [0, 0.1) is 0 Å². The van der Waals surface area contributed by atoms with Crippen LogP contribution in [0.1, 0.15) is 11.1 Å². The maximum absolute atomic E-state index is 12.6. The van der Waals surface area contributed by atoms with Crippen LogP contribution in [0.3, 0.4) is 0 Å².